The fourth-order valence-corrected chi connectivity index (χ4v) is 4.67. The van der Waals surface area contributed by atoms with Gasteiger partial charge in [0.15, 0.2) is 11.5 Å². The third-order valence-electron chi connectivity index (χ3n) is 5.88. The van der Waals surface area contributed by atoms with Gasteiger partial charge in [-0.15, -0.1) is 11.3 Å². The SMILES string of the molecule is COc1ccc(CN(C(=O)/C=C/c2cccs2)C2CC2)cc1OC1CCCCCC1. The molecule has 30 heavy (non-hydrogen) atoms. The number of rotatable bonds is 8. The van der Waals surface area contributed by atoms with Crippen LogP contribution >= 0.6 is 11.3 Å². The van der Waals surface area contributed by atoms with Crippen LogP contribution in [-0.4, -0.2) is 30.1 Å². The van der Waals surface area contributed by atoms with Gasteiger partial charge in [0.2, 0.25) is 5.91 Å². The van der Waals surface area contributed by atoms with E-state index < -0.39 is 0 Å². The predicted octanol–water partition coefficient (Wildman–Crippen LogP) is 6.06. The summed E-state index contributed by atoms with van der Waals surface area (Å²) in [6, 6.07) is 10.5. The van der Waals surface area contributed by atoms with Gasteiger partial charge in [-0.2, -0.15) is 0 Å². The van der Waals surface area contributed by atoms with Crippen molar-refractivity contribution in [1.82, 2.24) is 4.90 Å². The van der Waals surface area contributed by atoms with Gasteiger partial charge in [-0.3, -0.25) is 4.79 Å². The summed E-state index contributed by atoms with van der Waals surface area (Å²) in [5, 5.41) is 2.02. The Kier molecular flexibility index (Phi) is 7.11. The van der Waals surface area contributed by atoms with Crippen LogP contribution in [0.1, 0.15) is 61.8 Å². The Balaban J connectivity index is 1.47. The van der Waals surface area contributed by atoms with Crippen molar-refractivity contribution in [2.75, 3.05) is 7.11 Å². The highest BCUT2D eigenvalue weighted by Gasteiger charge is 2.31. The van der Waals surface area contributed by atoms with E-state index in [4.69, 9.17) is 9.47 Å². The second kappa shape index (κ2) is 10.2. The molecule has 0 unspecified atom stereocenters. The van der Waals surface area contributed by atoms with Crippen molar-refractivity contribution in [3.63, 3.8) is 0 Å². The lowest BCUT2D eigenvalue weighted by Gasteiger charge is -2.23. The van der Waals surface area contributed by atoms with E-state index >= 15 is 0 Å². The molecule has 2 aromatic rings. The second-order valence-electron chi connectivity index (χ2n) is 8.26. The lowest BCUT2D eigenvalue weighted by molar-refractivity contribution is -0.127. The molecule has 0 spiro atoms. The van der Waals surface area contributed by atoms with Crippen molar-refractivity contribution in [1.29, 1.82) is 0 Å². The first-order valence-corrected chi connectivity index (χ1v) is 12.0. The molecule has 4 nitrogen and oxygen atoms in total. The van der Waals surface area contributed by atoms with E-state index in [2.05, 4.69) is 6.07 Å². The van der Waals surface area contributed by atoms with Gasteiger partial charge in [0.25, 0.3) is 0 Å². The maximum Gasteiger partial charge on any atom is 0.247 e. The quantitative estimate of drug-likeness (QED) is 0.381. The van der Waals surface area contributed by atoms with E-state index in [1.165, 1.54) is 25.7 Å². The molecule has 160 valence electrons. The maximum atomic E-state index is 12.9. The van der Waals surface area contributed by atoms with Gasteiger partial charge in [0.1, 0.15) is 0 Å². The summed E-state index contributed by atoms with van der Waals surface area (Å²) in [4.78, 5) is 16.0. The number of methoxy groups -OCH3 is 1. The third-order valence-corrected chi connectivity index (χ3v) is 6.72. The Morgan fingerprint density at radius 1 is 1.10 bits per heavy atom. The number of carbonyl (C=O) groups is 1. The molecular formula is C25H31NO3S. The van der Waals surface area contributed by atoms with Gasteiger partial charge in [0.05, 0.1) is 13.2 Å². The molecule has 2 aliphatic rings. The molecule has 0 N–H and O–H groups in total. The van der Waals surface area contributed by atoms with Crippen molar-refractivity contribution in [3.8, 4) is 11.5 Å². The molecule has 0 atom stereocenters. The number of amides is 1. The molecule has 1 heterocycles. The van der Waals surface area contributed by atoms with E-state index in [-0.39, 0.29) is 12.0 Å². The lowest BCUT2D eigenvalue weighted by Crippen LogP contribution is -2.31. The van der Waals surface area contributed by atoms with E-state index in [1.807, 2.05) is 40.6 Å². The summed E-state index contributed by atoms with van der Waals surface area (Å²) in [5.74, 6) is 1.65. The normalized spacial score (nSPS) is 17.6. The predicted molar refractivity (Wildman–Crippen MR) is 122 cm³/mol. The fraction of sp³-hybridized carbons (Fsp3) is 0.480. The van der Waals surface area contributed by atoms with Crippen LogP contribution in [0.5, 0.6) is 11.5 Å². The molecule has 2 fully saturated rings. The summed E-state index contributed by atoms with van der Waals surface area (Å²) in [6.45, 7) is 0.600. The first kappa shape index (κ1) is 21.0. The number of hydrogen-bond acceptors (Lipinski definition) is 4. The summed E-state index contributed by atoms with van der Waals surface area (Å²) in [7, 11) is 1.68. The standard InChI is InChI=1S/C25H31NO3S/c1-28-23-14-10-19(17-24(23)29-21-7-4-2-3-5-8-21)18-26(20-11-12-20)25(27)15-13-22-9-6-16-30-22/h6,9-10,13-17,20-21H,2-5,7-8,11-12,18H2,1H3/b15-13+. The summed E-state index contributed by atoms with van der Waals surface area (Å²) in [6.07, 6.45) is 13.3. The van der Waals surface area contributed by atoms with Crippen molar-refractivity contribution < 1.29 is 14.3 Å². The zero-order valence-corrected chi connectivity index (χ0v) is 18.5. The molecule has 1 aromatic heterocycles. The Bertz CT molecular complexity index is 849. The van der Waals surface area contributed by atoms with Gasteiger partial charge in [-0.25, -0.2) is 0 Å². The monoisotopic (exact) mass is 425 g/mol. The molecule has 5 heteroatoms. The molecule has 4 rings (SSSR count). The van der Waals surface area contributed by atoms with Crippen LogP contribution in [0, 0.1) is 0 Å². The van der Waals surface area contributed by atoms with Crippen LogP contribution < -0.4 is 9.47 Å². The van der Waals surface area contributed by atoms with Crippen LogP contribution in [0.2, 0.25) is 0 Å². The molecule has 1 amide bonds. The minimum absolute atomic E-state index is 0.0768. The molecule has 2 saturated carbocycles. The Morgan fingerprint density at radius 2 is 1.90 bits per heavy atom. The van der Waals surface area contributed by atoms with Crippen molar-refractivity contribution in [2.45, 2.75) is 70.1 Å². The lowest BCUT2D eigenvalue weighted by atomic mass is 10.1. The smallest absolute Gasteiger partial charge is 0.247 e. The van der Waals surface area contributed by atoms with Crippen molar-refractivity contribution in [3.05, 3.63) is 52.2 Å². The third kappa shape index (κ3) is 5.66. The van der Waals surface area contributed by atoms with E-state index in [0.717, 1.165) is 47.6 Å². The number of nitrogens with zero attached hydrogens (tertiary/aromatic N) is 1. The van der Waals surface area contributed by atoms with Gasteiger partial charge in [-0.1, -0.05) is 25.0 Å². The minimum atomic E-state index is 0.0768. The maximum absolute atomic E-state index is 12.9. The van der Waals surface area contributed by atoms with E-state index in [9.17, 15) is 4.79 Å². The Morgan fingerprint density at radius 3 is 2.57 bits per heavy atom. The zero-order chi connectivity index (χ0) is 20.8. The Labute approximate surface area is 183 Å². The van der Waals surface area contributed by atoms with E-state index in [0.29, 0.717) is 12.6 Å². The topological polar surface area (TPSA) is 38.8 Å². The molecule has 0 aliphatic heterocycles. The summed E-state index contributed by atoms with van der Waals surface area (Å²) in [5.41, 5.74) is 1.09. The van der Waals surface area contributed by atoms with Gasteiger partial charge >= 0.3 is 0 Å². The molecule has 0 bridgehead atoms. The van der Waals surface area contributed by atoms with Crippen LogP contribution in [0.25, 0.3) is 6.08 Å². The number of thiophene rings is 1. The highest BCUT2D eigenvalue weighted by atomic mass is 32.1. The average molecular weight is 426 g/mol. The molecular weight excluding hydrogens is 394 g/mol. The first-order chi connectivity index (χ1) is 14.7. The number of carbonyl (C=O) groups excluding carboxylic acids is 1. The second-order valence-corrected chi connectivity index (χ2v) is 9.24. The summed E-state index contributed by atoms with van der Waals surface area (Å²) < 4.78 is 11.9. The minimum Gasteiger partial charge on any atom is -0.493 e. The fourth-order valence-electron chi connectivity index (χ4n) is 4.06. The highest BCUT2D eigenvalue weighted by Crippen LogP contribution is 2.34. The summed E-state index contributed by atoms with van der Waals surface area (Å²) >= 11 is 1.64. The molecule has 0 radical (unpaired) electrons. The number of ether oxygens (including phenoxy) is 2. The highest BCUT2D eigenvalue weighted by molar-refractivity contribution is 7.10. The number of benzene rings is 1. The van der Waals surface area contributed by atoms with Crippen LogP contribution in [-0.2, 0) is 11.3 Å². The molecule has 1 aromatic carbocycles. The van der Waals surface area contributed by atoms with Crippen LogP contribution in [0.4, 0.5) is 0 Å². The van der Waals surface area contributed by atoms with Crippen LogP contribution in [0.15, 0.2) is 41.8 Å². The van der Waals surface area contributed by atoms with E-state index in [1.54, 1.807) is 24.5 Å². The van der Waals surface area contributed by atoms with Gasteiger partial charge in [0, 0.05) is 23.5 Å². The van der Waals surface area contributed by atoms with Crippen LogP contribution in [0.3, 0.4) is 0 Å². The molecule has 0 saturated heterocycles. The zero-order valence-electron chi connectivity index (χ0n) is 17.7. The van der Waals surface area contributed by atoms with Crippen molar-refractivity contribution >= 4 is 23.3 Å². The van der Waals surface area contributed by atoms with Crippen molar-refractivity contribution in [2.24, 2.45) is 0 Å². The Hall–Kier alpha value is -2.27. The molecule has 2 aliphatic carbocycles. The van der Waals surface area contributed by atoms with Gasteiger partial charge in [-0.05, 0) is 73.7 Å². The van der Waals surface area contributed by atoms with Gasteiger partial charge < -0.3 is 14.4 Å². The average Bonchev–Trinajstić information content (AvgIpc) is 3.52. The largest absolute Gasteiger partial charge is 0.493 e. The number of hydrogen-bond donors (Lipinski definition) is 0. The first-order valence-electron chi connectivity index (χ1n) is 11.1.